The third-order valence-corrected chi connectivity index (χ3v) is 2.19. The van der Waals surface area contributed by atoms with Gasteiger partial charge in [-0.3, -0.25) is 0 Å². The molecule has 0 aliphatic heterocycles. The van der Waals surface area contributed by atoms with Crippen LogP contribution in [0.25, 0.3) is 11.3 Å². The molecule has 1 aromatic carbocycles. The molecule has 0 saturated carbocycles. The SMILES string of the molecule is CCOC(=O)c1ncoc1-c1cccc(N)c1. The van der Waals surface area contributed by atoms with Crippen molar-refractivity contribution in [3.63, 3.8) is 0 Å². The van der Waals surface area contributed by atoms with Gasteiger partial charge in [0, 0.05) is 11.3 Å². The molecule has 1 heterocycles. The highest BCUT2D eigenvalue weighted by molar-refractivity contribution is 5.93. The van der Waals surface area contributed by atoms with Crippen molar-refractivity contribution in [1.29, 1.82) is 0 Å². The Morgan fingerprint density at radius 1 is 1.53 bits per heavy atom. The maximum atomic E-state index is 11.6. The van der Waals surface area contributed by atoms with E-state index in [0.717, 1.165) is 0 Å². The smallest absolute Gasteiger partial charge is 0.360 e. The van der Waals surface area contributed by atoms with Gasteiger partial charge >= 0.3 is 5.97 Å². The fourth-order valence-electron chi connectivity index (χ4n) is 1.48. The lowest BCUT2D eigenvalue weighted by atomic mass is 10.1. The molecule has 2 N–H and O–H groups in total. The third kappa shape index (κ3) is 2.28. The molecule has 2 aromatic rings. The van der Waals surface area contributed by atoms with Crippen LogP contribution in [0.5, 0.6) is 0 Å². The number of carbonyl (C=O) groups is 1. The first kappa shape index (κ1) is 11.2. The minimum Gasteiger partial charge on any atom is -0.461 e. The summed E-state index contributed by atoms with van der Waals surface area (Å²) in [6.07, 6.45) is 1.21. The van der Waals surface area contributed by atoms with Gasteiger partial charge in [-0.25, -0.2) is 9.78 Å². The summed E-state index contributed by atoms with van der Waals surface area (Å²) in [5.74, 6) is -0.130. The van der Waals surface area contributed by atoms with Crippen molar-refractivity contribution in [2.24, 2.45) is 0 Å². The van der Waals surface area contributed by atoms with E-state index >= 15 is 0 Å². The number of carbonyl (C=O) groups excluding carboxylic acids is 1. The number of hydrogen-bond donors (Lipinski definition) is 1. The predicted octanol–water partition coefficient (Wildman–Crippen LogP) is 2.10. The minimum atomic E-state index is -0.501. The Hall–Kier alpha value is -2.30. The number of nitrogen functional groups attached to an aromatic ring is 1. The van der Waals surface area contributed by atoms with E-state index in [1.807, 2.05) is 0 Å². The Bertz CT molecular complexity index is 534. The number of nitrogens with two attached hydrogens (primary N) is 1. The summed E-state index contributed by atoms with van der Waals surface area (Å²) in [6, 6.07) is 7.04. The largest absolute Gasteiger partial charge is 0.461 e. The Balaban J connectivity index is 2.40. The van der Waals surface area contributed by atoms with Gasteiger partial charge in [0.15, 0.2) is 17.8 Å². The maximum Gasteiger partial charge on any atom is 0.360 e. The third-order valence-electron chi connectivity index (χ3n) is 2.19. The van der Waals surface area contributed by atoms with Crippen LogP contribution >= 0.6 is 0 Å². The van der Waals surface area contributed by atoms with Gasteiger partial charge in [-0.1, -0.05) is 12.1 Å². The molecule has 5 nitrogen and oxygen atoms in total. The van der Waals surface area contributed by atoms with Crippen LogP contribution in [0.3, 0.4) is 0 Å². The Labute approximate surface area is 98.2 Å². The molecule has 0 fully saturated rings. The number of benzene rings is 1. The van der Waals surface area contributed by atoms with E-state index < -0.39 is 5.97 Å². The number of rotatable bonds is 3. The van der Waals surface area contributed by atoms with Crippen molar-refractivity contribution in [3.8, 4) is 11.3 Å². The molecule has 0 aliphatic rings. The molecule has 0 bridgehead atoms. The van der Waals surface area contributed by atoms with E-state index in [4.69, 9.17) is 14.9 Å². The number of anilines is 1. The monoisotopic (exact) mass is 232 g/mol. The van der Waals surface area contributed by atoms with Crippen molar-refractivity contribution in [2.75, 3.05) is 12.3 Å². The van der Waals surface area contributed by atoms with Crippen molar-refractivity contribution in [1.82, 2.24) is 4.98 Å². The standard InChI is InChI=1S/C12H12N2O3/c1-2-16-12(15)10-11(17-7-14-10)8-4-3-5-9(13)6-8/h3-7H,2,13H2,1H3. The van der Waals surface area contributed by atoms with E-state index in [-0.39, 0.29) is 5.69 Å². The number of esters is 1. The Morgan fingerprint density at radius 2 is 2.35 bits per heavy atom. The van der Waals surface area contributed by atoms with E-state index in [1.165, 1.54) is 6.39 Å². The molecule has 0 unspecified atom stereocenters. The molecule has 2 rings (SSSR count). The topological polar surface area (TPSA) is 78.3 Å². The van der Waals surface area contributed by atoms with Gasteiger partial charge in [0.25, 0.3) is 0 Å². The van der Waals surface area contributed by atoms with Crippen LogP contribution in [-0.2, 0) is 4.74 Å². The predicted molar refractivity (Wildman–Crippen MR) is 62.3 cm³/mol. The molecule has 0 atom stereocenters. The number of nitrogens with zero attached hydrogens (tertiary/aromatic N) is 1. The second-order valence-electron chi connectivity index (χ2n) is 3.38. The van der Waals surface area contributed by atoms with Crippen LogP contribution in [0.1, 0.15) is 17.4 Å². The van der Waals surface area contributed by atoms with Gasteiger partial charge in [-0.15, -0.1) is 0 Å². The van der Waals surface area contributed by atoms with Gasteiger partial charge in [-0.05, 0) is 19.1 Å². The number of oxazole rings is 1. The molecule has 17 heavy (non-hydrogen) atoms. The zero-order valence-corrected chi connectivity index (χ0v) is 9.34. The summed E-state index contributed by atoms with van der Waals surface area (Å²) >= 11 is 0. The first-order chi connectivity index (χ1) is 8.22. The molecule has 5 heteroatoms. The molecule has 0 radical (unpaired) electrons. The van der Waals surface area contributed by atoms with E-state index in [1.54, 1.807) is 31.2 Å². The molecule has 0 aliphatic carbocycles. The maximum absolute atomic E-state index is 11.6. The van der Waals surface area contributed by atoms with Crippen molar-refractivity contribution in [2.45, 2.75) is 6.92 Å². The average molecular weight is 232 g/mol. The highest BCUT2D eigenvalue weighted by atomic mass is 16.5. The molecule has 88 valence electrons. The minimum absolute atomic E-state index is 0.164. The summed E-state index contributed by atoms with van der Waals surface area (Å²) in [5.41, 5.74) is 7.13. The first-order valence-corrected chi connectivity index (χ1v) is 5.19. The van der Waals surface area contributed by atoms with Gasteiger partial charge in [0.1, 0.15) is 0 Å². The molecule has 0 spiro atoms. The summed E-state index contributed by atoms with van der Waals surface area (Å²) in [7, 11) is 0. The van der Waals surface area contributed by atoms with Crippen molar-refractivity contribution < 1.29 is 13.9 Å². The van der Waals surface area contributed by atoms with Crippen LogP contribution in [0.15, 0.2) is 35.1 Å². The Morgan fingerprint density at radius 3 is 3.06 bits per heavy atom. The summed E-state index contributed by atoms with van der Waals surface area (Å²) in [4.78, 5) is 15.5. The van der Waals surface area contributed by atoms with Crippen LogP contribution in [0.2, 0.25) is 0 Å². The van der Waals surface area contributed by atoms with E-state index in [9.17, 15) is 4.79 Å². The molecule has 1 aromatic heterocycles. The van der Waals surface area contributed by atoms with Gasteiger partial charge in [0.2, 0.25) is 0 Å². The molecular formula is C12H12N2O3. The van der Waals surface area contributed by atoms with Gasteiger partial charge in [-0.2, -0.15) is 0 Å². The highest BCUT2D eigenvalue weighted by Gasteiger charge is 2.19. The normalized spacial score (nSPS) is 10.2. The number of ether oxygens (including phenoxy) is 1. The molecular weight excluding hydrogens is 220 g/mol. The van der Waals surface area contributed by atoms with Crippen LogP contribution in [-0.4, -0.2) is 17.6 Å². The van der Waals surface area contributed by atoms with Crippen LogP contribution in [0, 0.1) is 0 Å². The van der Waals surface area contributed by atoms with Gasteiger partial charge in [0.05, 0.1) is 6.61 Å². The summed E-state index contributed by atoms with van der Waals surface area (Å²) in [6.45, 7) is 2.03. The average Bonchev–Trinajstić information content (AvgIpc) is 2.78. The lowest BCUT2D eigenvalue weighted by Gasteiger charge is -2.02. The summed E-state index contributed by atoms with van der Waals surface area (Å²) < 4.78 is 10.1. The zero-order valence-electron chi connectivity index (χ0n) is 9.34. The first-order valence-electron chi connectivity index (χ1n) is 5.19. The lowest BCUT2D eigenvalue weighted by molar-refractivity contribution is 0.0520. The Kier molecular flexibility index (Phi) is 3.09. The van der Waals surface area contributed by atoms with Crippen molar-refractivity contribution >= 4 is 11.7 Å². The summed E-state index contributed by atoms with van der Waals surface area (Å²) in [5, 5.41) is 0. The molecule has 0 saturated heterocycles. The number of aromatic nitrogens is 1. The quantitative estimate of drug-likeness (QED) is 0.647. The lowest BCUT2D eigenvalue weighted by Crippen LogP contribution is -2.06. The molecule has 0 amide bonds. The van der Waals surface area contributed by atoms with Crippen molar-refractivity contribution in [3.05, 3.63) is 36.4 Å². The fraction of sp³-hybridized carbons (Fsp3) is 0.167. The zero-order chi connectivity index (χ0) is 12.3. The van der Waals surface area contributed by atoms with E-state index in [2.05, 4.69) is 4.98 Å². The van der Waals surface area contributed by atoms with Crippen LogP contribution < -0.4 is 5.73 Å². The number of hydrogen-bond acceptors (Lipinski definition) is 5. The second-order valence-corrected chi connectivity index (χ2v) is 3.38. The highest BCUT2D eigenvalue weighted by Crippen LogP contribution is 2.25. The fourth-order valence-corrected chi connectivity index (χ4v) is 1.48. The van der Waals surface area contributed by atoms with Gasteiger partial charge < -0.3 is 14.9 Å². The second kappa shape index (κ2) is 4.69. The van der Waals surface area contributed by atoms with Crippen LogP contribution in [0.4, 0.5) is 5.69 Å². The van der Waals surface area contributed by atoms with E-state index in [0.29, 0.717) is 23.6 Å².